The van der Waals surface area contributed by atoms with E-state index >= 15 is 0 Å². The first-order valence-electron chi connectivity index (χ1n) is 5.90. The van der Waals surface area contributed by atoms with Crippen molar-refractivity contribution in [3.63, 3.8) is 0 Å². The fraction of sp³-hybridized carbons (Fsp3) is 0.0714. The summed E-state index contributed by atoms with van der Waals surface area (Å²) in [5, 5.41) is 2.96. The van der Waals surface area contributed by atoms with E-state index in [2.05, 4.69) is 5.32 Å². The minimum Gasteiger partial charge on any atom is -0.454 e. The van der Waals surface area contributed by atoms with Crippen molar-refractivity contribution in [3.05, 3.63) is 51.8 Å². The number of nitrogens with one attached hydrogen (secondary N) is 1. The van der Waals surface area contributed by atoms with Gasteiger partial charge in [-0.1, -0.05) is 23.2 Å². The van der Waals surface area contributed by atoms with Crippen molar-refractivity contribution in [2.75, 3.05) is 12.1 Å². The van der Waals surface area contributed by atoms with Crippen LogP contribution in [-0.4, -0.2) is 12.7 Å². The number of halogens is 3. The minimum absolute atomic E-state index is 0.0594. The van der Waals surface area contributed by atoms with Gasteiger partial charge < -0.3 is 14.8 Å². The largest absolute Gasteiger partial charge is 0.454 e. The van der Waals surface area contributed by atoms with Gasteiger partial charge in [-0.25, -0.2) is 4.39 Å². The van der Waals surface area contributed by atoms with Crippen LogP contribution in [0.3, 0.4) is 0 Å². The molecule has 2 aromatic rings. The molecule has 0 saturated heterocycles. The molecule has 21 heavy (non-hydrogen) atoms. The van der Waals surface area contributed by atoms with Gasteiger partial charge in [-0.15, -0.1) is 0 Å². The first-order chi connectivity index (χ1) is 10.0. The number of ether oxygens (including phenoxy) is 2. The third-order valence-electron chi connectivity index (χ3n) is 2.87. The average Bonchev–Trinajstić information content (AvgIpc) is 2.90. The Hall–Kier alpha value is -1.98. The predicted molar refractivity (Wildman–Crippen MR) is 76.9 cm³/mol. The van der Waals surface area contributed by atoms with E-state index in [0.717, 1.165) is 6.07 Å². The molecule has 0 radical (unpaired) electrons. The number of hydrogen-bond acceptors (Lipinski definition) is 3. The van der Waals surface area contributed by atoms with Crippen LogP contribution in [0.15, 0.2) is 30.3 Å². The van der Waals surface area contributed by atoms with Gasteiger partial charge in [0.2, 0.25) is 6.79 Å². The normalized spacial score (nSPS) is 12.3. The number of carbonyl (C=O) groups is 1. The summed E-state index contributed by atoms with van der Waals surface area (Å²) in [7, 11) is 0. The first kappa shape index (κ1) is 14.0. The van der Waals surface area contributed by atoms with Gasteiger partial charge >= 0.3 is 0 Å². The molecule has 2 aromatic carbocycles. The SMILES string of the molecule is O=C(Nc1ccc(F)cc1Cl)c1cc(Cl)c2c(c1)OCO2. The quantitative estimate of drug-likeness (QED) is 0.902. The molecule has 3 rings (SSSR count). The van der Waals surface area contributed by atoms with Gasteiger partial charge in [-0.2, -0.15) is 0 Å². The minimum atomic E-state index is -0.482. The highest BCUT2D eigenvalue weighted by Gasteiger charge is 2.21. The molecule has 1 aliphatic heterocycles. The molecule has 4 nitrogen and oxygen atoms in total. The Morgan fingerprint density at radius 2 is 1.95 bits per heavy atom. The zero-order valence-electron chi connectivity index (χ0n) is 10.5. The molecule has 7 heteroatoms. The van der Waals surface area contributed by atoms with Gasteiger partial charge in [0.1, 0.15) is 5.82 Å². The fourth-order valence-electron chi connectivity index (χ4n) is 1.88. The predicted octanol–water partition coefficient (Wildman–Crippen LogP) is 4.11. The summed E-state index contributed by atoms with van der Waals surface area (Å²) in [4.78, 5) is 12.2. The molecule has 1 N–H and O–H groups in total. The maximum Gasteiger partial charge on any atom is 0.255 e. The van der Waals surface area contributed by atoms with Crippen molar-refractivity contribution in [1.29, 1.82) is 0 Å². The Bertz CT molecular complexity index is 736. The molecule has 0 aromatic heterocycles. The summed E-state index contributed by atoms with van der Waals surface area (Å²) in [6, 6.07) is 6.67. The number of carbonyl (C=O) groups excluding carboxylic acids is 1. The molecule has 0 aliphatic carbocycles. The summed E-state index contributed by atoms with van der Waals surface area (Å²) in [5.74, 6) is -0.112. The van der Waals surface area contributed by atoms with Gasteiger partial charge in [-0.3, -0.25) is 4.79 Å². The molecule has 0 atom stereocenters. The highest BCUT2D eigenvalue weighted by atomic mass is 35.5. The highest BCUT2D eigenvalue weighted by Crippen LogP contribution is 2.40. The van der Waals surface area contributed by atoms with Gasteiger partial charge in [0.05, 0.1) is 15.7 Å². The van der Waals surface area contributed by atoms with Gasteiger partial charge in [-0.05, 0) is 30.3 Å². The highest BCUT2D eigenvalue weighted by molar-refractivity contribution is 6.34. The second kappa shape index (κ2) is 5.42. The number of fused-ring (bicyclic) bond motifs is 1. The van der Waals surface area contributed by atoms with Crippen molar-refractivity contribution < 1.29 is 18.7 Å². The van der Waals surface area contributed by atoms with Crippen LogP contribution in [-0.2, 0) is 0 Å². The molecular weight excluding hydrogens is 320 g/mol. The summed E-state index contributed by atoms with van der Waals surface area (Å²) in [5.41, 5.74) is 0.585. The molecule has 0 unspecified atom stereocenters. The van der Waals surface area contributed by atoms with Crippen LogP contribution in [0.2, 0.25) is 10.0 Å². The molecular formula is C14H8Cl2FNO3. The zero-order valence-corrected chi connectivity index (χ0v) is 12.0. The van der Waals surface area contributed by atoms with Crippen LogP contribution in [0.25, 0.3) is 0 Å². The molecule has 0 fully saturated rings. The van der Waals surface area contributed by atoms with Gasteiger partial charge in [0.15, 0.2) is 11.5 Å². The van der Waals surface area contributed by atoms with E-state index in [4.69, 9.17) is 32.7 Å². The summed E-state index contributed by atoms with van der Waals surface area (Å²) < 4.78 is 23.3. The molecule has 108 valence electrons. The van der Waals surface area contributed by atoms with Gasteiger partial charge in [0, 0.05) is 5.56 Å². The van der Waals surface area contributed by atoms with E-state index in [0.29, 0.717) is 17.2 Å². The second-order valence-electron chi connectivity index (χ2n) is 4.27. The van der Waals surface area contributed by atoms with Crippen molar-refractivity contribution in [3.8, 4) is 11.5 Å². The third-order valence-corrected chi connectivity index (χ3v) is 3.46. The smallest absolute Gasteiger partial charge is 0.255 e. The van der Waals surface area contributed by atoms with E-state index in [9.17, 15) is 9.18 Å². The zero-order chi connectivity index (χ0) is 15.0. The average molecular weight is 328 g/mol. The summed E-state index contributed by atoms with van der Waals surface area (Å²) >= 11 is 11.9. The lowest BCUT2D eigenvalue weighted by atomic mass is 10.2. The summed E-state index contributed by atoms with van der Waals surface area (Å²) in [6.07, 6.45) is 0. The fourth-order valence-corrected chi connectivity index (χ4v) is 2.36. The van der Waals surface area contributed by atoms with E-state index in [1.165, 1.54) is 24.3 Å². The van der Waals surface area contributed by atoms with E-state index in [1.54, 1.807) is 0 Å². The van der Waals surface area contributed by atoms with E-state index in [-0.39, 0.29) is 22.4 Å². The maximum atomic E-state index is 13.0. The second-order valence-corrected chi connectivity index (χ2v) is 5.08. The standard InChI is InChI=1S/C14H8Cl2FNO3/c15-9-5-8(17)1-2-11(9)18-14(19)7-3-10(16)13-12(4-7)20-6-21-13/h1-5H,6H2,(H,18,19). The van der Waals surface area contributed by atoms with Crippen molar-refractivity contribution in [2.24, 2.45) is 0 Å². The number of hydrogen-bond donors (Lipinski definition) is 1. The molecule has 1 amide bonds. The Kier molecular flexibility index (Phi) is 3.61. The van der Waals surface area contributed by atoms with Crippen LogP contribution in [0.5, 0.6) is 11.5 Å². The van der Waals surface area contributed by atoms with Crippen LogP contribution in [0.4, 0.5) is 10.1 Å². The number of anilines is 1. The number of amides is 1. The lowest BCUT2D eigenvalue weighted by Gasteiger charge is -2.08. The molecule has 1 heterocycles. The molecule has 1 aliphatic rings. The molecule has 0 spiro atoms. The molecule has 0 bridgehead atoms. The van der Waals surface area contributed by atoms with Crippen molar-refractivity contribution in [1.82, 2.24) is 0 Å². The Morgan fingerprint density at radius 1 is 1.14 bits per heavy atom. The first-order valence-corrected chi connectivity index (χ1v) is 6.66. The monoisotopic (exact) mass is 327 g/mol. The lowest BCUT2D eigenvalue weighted by molar-refractivity contribution is 0.102. The number of rotatable bonds is 2. The topological polar surface area (TPSA) is 47.6 Å². The van der Waals surface area contributed by atoms with Crippen LogP contribution >= 0.6 is 23.2 Å². The van der Waals surface area contributed by atoms with Crippen molar-refractivity contribution in [2.45, 2.75) is 0 Å². The van der Waals surface area contributed by atoms with E-state index in [1.807, 2.05) is 0 Å². The van der Waals surface area contributed by atoms with Crippen LogP contribution in [0, 0.1) is 5.82 Å². The summed E-state index contributed by atoms with van der Waals surface area (Å²) in [6.45, 7) is 0.0594. The Morgan fingerprint density at radius 3 is 2.71 bits per heavy atom. The van der Waals surface area contributed by atoms with Crippen molar-refractivity contribution >= 4 is 34.8 Å². The van der Waals surface area contributed by atoms with Crippen LogP contribution in [0.1, 0.15) is 10.4 Å². The Labute approximate surface area is 129 Å². The Balaban J connectivity index is 1.87. The van der Waals surface area contributed by atoms with Crippen LogP contribution < -0.4 is 14.8 Å². The van der Waals surface area contributed by atoms with E-state index < -0.39 is 11.7 Å². The number of benzene rings is 2. The van der Waals surface area contributed by atoms with Gasteiger partial charge in [0.25, 0.3) is 5.91 Å². The molecule has 0 saturated carbocycles. The maximum absolute atomic E-state index is 13.0. The lowest BCUT2D eigenvalue weighted by Crippen LogP contribution is -2.12. The third kappa shape index (κ3) is 2.75.